The maximum atomic E-state index is 2.41. The van der Waals surface area contributed by atoms with Crippen LogP contribution in [-0.4, -0.2) is 4.57 Å². The summed E-state index contributed by atoms with van der Waals surface area (Å²) >= 11 is 0. The third kappa shape index (κ3) is 3.87. The molecular formula is C44H31N. The largest absolute Gasteiger partial charge is 0.309 e. The maximum Gasteiger partial charge on any atom is 0.0541 e. The molecule has 1 aromatic heterocycles. The van der Waals surface area contributed by atoms with Crippen LogP contribution in [0.5, 0.6) is 0 Å². The topological polar surface area (TPSA) is 4.93 Å². The van der Waals surface area contributed by atoms with Crippen LogP contribution >= 0.6 is 0 Å². The van der Waals surface area contributed by atoms with Crippen LogP contribution in [0.1, 0.15) is 11.1 Å². The van der Waals surface area contributed by atoms with E-state index in [9.17, 15) is 0 Å². The molecule has 9 aromatic rings. The zero-order valence-corrected chi connectivity index (χ0v) is 25.4. The van der Waals surface area contributed by atoms with Crippen molar-refractivity contribution in [1.82, 2.24) is 4.57 Å². The van der Waals surface area contributed by atoms with E-state index in [0.717, 1.165) is 0 Å². The molecule has 0 saturated carbocycles. The fourth-order valence-electron chi connectivity index (χ4n) is 7.59. The monoisotopic (exact) mass is 573 g/mol. The fraction of sp³-hybridized carbons (Fsp3) is 0.0455. The van der Waals surface area contributed by atoms with Gasteiger partial charge in [-0.25, -0.2) is 0 Å². The first-order valence-electron chi connectivity index (χ1n) is 15.7. The highest BCUT2D eigenvalue weighted by atomic mass is 15.0. The van der Waals surface area contributed by atoms with Crippen molar-refractivity contribution in [3.63, 3.8) is 0 Å². The first-order chi connectivity index (χ1) is 22.2. The standard InChI is InChI=1S/C44H31N/c1-28-22-25-38-39(26-28)44(42-29(2)23-24-30-12-3-4-15-33(30)42)37-19-6-5-18-36(37)43(38)31-13-11-14-32(27-31)45-40-20-9-7-16-34(40)35-17-8-10-21-41(35)45/h3-27H,1-2H3. The molecule has 0 saturated heterocycles. The van der Waals surface area contributed by atoms with Gasteiger partial charge in [0.15, 0.2) is 0 Å². The van der Waals surface area contributed by atoms with Gasteiger partial charge in [-0.05, 0) is 98.2 Å². The molecule has 0 fully saturated rings. The van der Waals surface area contributed by atoms with Crippen molar-refractivity contribution < 1.29 is 0 Å². The highest BCUT2D eigenvalue weighted by Gasteiger charge is 2.20. The number of benzene rings is 8. The quantitative estimate of drug-likeness (QED) is 0.185. The third-order valence-electron chi connectivity index (χ3n) is 9.54. The molecule has 1 heteroatoms. The number of aromatic nitrogens is 1. The predicted octanol–water partition coefficient (Wildman–Crippen LogP) is 12.2. The molecule has 1 heterocycles. The van der Waals surface area contributed by atoms with E-state index in [4.69, 9.17) is 0 Å². The summed E-state index contributed by atoms with van der Waals surface area (Å²) in [6.45, 7) is 4.46. The van der Waals surface area contributed by atoms with Gasteiger partial charge in [0.05, 0.1) is 11.0 Å². The van der Waals surface area contributed by atoms with Crippen LogP contribution in [0.25, 0.3) is 82.1 Å². The van der Waals surface area contributed by atoms with Crippen LogP contribution < -0.4 is 0 Å². The second-order valence-electron chi connectivity index (χ2n) is 12.2. The average Bonchev–Trinajstić information content (AvgIpc) is 3.42. The molecule has 0 aliphatic rings. The summed E-state index contributed by atoms with van der Waals surface area (Å²) in [5.41, 5.74) is 11.3. The van der Waals surface area contributed by atoms with Crippen molar-refractivity contribution >= 4 is 54.1 Å². The minimum atomic E-state index is 1.17. The summed E-state index contributed by atoms with van der Waals surface area (Å²) in [7, 11) is 0. The Bertz CT molecular complexity index is 2560. The Hall–Kier alpha value is -5.66. The van der Waals surface area contributed by atoms with Crippen LogP contribution in [0, 0.1) is 13.8 Å². The molecule has 0 atom stereocenters. The average molecular weight is 574 g/mol. The van der Waals surface area contributed by atoms with Crippen LogP contribution in [0.2, 0.25) is 0 Å². The normalized spacial score (nSPS) is 11.8. The van der Waals surface area contributed by atoms with E-state index < -0.39 is 0 Å². The van der Waals surface area contributed by atoms with Gasteiger partial charge in [-0.15, -0.1) is 0 Å². The summed E-state index contributed by atoms with van der Waals surface area (Å²) in [6.07, 6.45) is 0. The second-order valence-corrected chi connectivity index (χ2v) is 12.2. The van der Waals surface area contributed by atoms with E-state index in [1.54, 1.807) is 0 Å². The Morgan fingerprint density at radius 2 is 0.978 bits per heavy atom. The van der Waals surface area contributed by atoms with Crippen LogP contribution in [0.4, 0.5) is 0 Å². The number of nitrogens with zero attached hydrogens (tertiary/aromatic N) is 1. The van der Waals surface area contributed by atoms with E-state index in [0.29, 0.717) is 0 Å². The van der Waals surface area contributed by atoms with Gasteiger partial charge in [0.2, 0.25) is 0 Å². The number of hydrogen-bond donors (Lipinski definition) is 0. The molecular weight excluding hydrogens is 542 g/mol. The minimum Gasteiger partial charge on any atom is -0.309 e. The van der Waals surface area contributed by atoms with Crippen molar-refractivity contribution in [1.29, 1.82) is 0 Å². The second kappa shape index (κ2) is 9.94. The number of fused-ring (bicyclic) bond motifs is 6. The van der Waals surface area contributed by atoms with E-state index in [2.05, 4.69) is 170 Å². The van der Waals surface area contributed by atoms with Crippen molar-refractivity contribution in [2.75, 3.05) is 0 Å². The Balaban J connectivity index is 1.39. The Morgan fingerprint density at radius 3 is 1.71 bits per heavy atom. The molecule has 0 amide bonds. The summed E-state index contributed by atoms with van der Waals surface area (Å²) in [4.78, 5) is 0. The lowest BCUT2D eigenvalue weighted by molar-refractivity contribution is 1.18. The molecule has 0 N–H and O–H groups in total. The number of hydrogen-bond acceptors (Lipinski definition) is 0. The first-order valence-corrected chi connectivity index (χ1v) is 15.7. The lowest BCUT2D eigenvalue weighted by atomic mass is 9.83. The molecule has 0 aliphatic heterocycles. The smallest absolute Gasteiger partial charge is 0.0541 e. The van der Waals surface area contributed by atoms with Gasteiger partial charge in [0.25, 0.3) is 0 Å². The van der Waals surface area contributed by atoms with Crippen molar-refractivity contribution in [2.45, 2.75) is 13.8 Å². The SMILES string of the molecule is Cc1ccc2c(-c3cccc(-n4c5ccccc5c5ccccc54)c3)c3ccccc3c(-c3c(C)ccc4ccccc34)c2c1. The Kier molecular flexibility index (Phi) is 5.70. The molecule has 0 bridgehead atoms. The number of aryl methyl sites for hydroxylation is 2. The lowest BCUT2D eigenvalue weighted by Crippen LogP contribution is -1.96. The minimum absolute atomic E-state index is 1.17. The van der Waals surface area contributed by atoms with E-state index in [-0.39, 0.29) is 0 Å². The summed E-state index contributed by atoms with van der Waals surface area (Å²) in [5.74, 6) is 0. The van der Waals surface area contributed by atoms with E-state index >= 15 is 0 Å². The van der Waals surface area contributed by atoms with Gasteiger partial charge < -0.3 is 4.57 Å². The molecule has 0 spiro atoms. The van der Waals surface area contributed by atoms with Gasteiger partial charge in [0.1, 0.15) is 0 Å². The first kappa shape index (κ1) is 25.8. The molecule has 45 heavy (non-hydrogen) atoms. The Labute approximate surface area is 262 Å². The molecule has 8 aromatic carbocycles. The zero-order chi connectivity index (χ0) is 30.1. The number of rotatable bonds is 3. The predicted molar refractivity (Wildman–Crippen MR) is 194 cm³/mol. The lowest BCUT2D eigenvalue weighted by Gasteiger charge is -2.21. The van der Waals surface area contributed by atoms with Gasteiger partial charge in [-0.1, -0.05) is 133 Å². The molecule has 212 valence electrons. The van der Waals surface area contributed by atoms with Crippen molar-refractivity contribution in [3.05, 3.63) is 163 Å². The number of para-hydroxylation sites is 2. The van der Waals surface area contributed by atoms with Crippen LogP contribution in [0.15, 0.2) is 152 Å². The summed E-state index contributed by atoms with van der Waals surface area (Å²) < 4.78 is 2.41. The molecule has 0 radical (unpaired) electrons. The van der Waals surface area contributed by atoms with E-state index in [1.807, 2.05) is 0 Å². The summed E-state index contributed by atoms with van der Waals surface area (Å²) in [5, 5.41) is 10.3. The zero-order valence-electron chi connectivity index (χ0n) is 25.4. The van der Waals surface area contributed by atoms with Crippen molar-refractivity contribution in [2.24, 2.45) is 0 Å². The van der Waals surface area contributed by atoms with Crippen LogP contribution in [0.3, 0.4) is 0 Å². The van der Waals surface area contributed by atoms with Gasteiger partial charge in [-0.2, -0.15) is 0 Å². The van der Waals surface area contributed by atoms with Gasteiger partial charge >= 0.3 is 0 Å². The highest BCUT2D eigenvalue weighted by molar-refractivity contribution is 6.24. The van der Waals surface area contributed by atoms with Crippen molar-refractivity contribution in [3.8, 4) is 27.9 Å². The van der Waals surface area contributed by atoms with Crippen LogP contribution in [-0.2, 0) is 0 Å². The molecule has 0 aliphatic carbocycles. The molecule has 1 nitrogen and oxygen atoms in total. The maximum absolute atomic E-state index is 2.41. The molecule has 0 unspecified atom stereocenters. The highest BCUT2D eigenvalue weighted by Crippen LogP contribution is 2.47. The van der Waals surface area contributed by atoms with Gasteiger partial charge in [0, 0.05) is 16.5 Å². The van der Waals surface area contributed by atoms with Gasteiger partial charge in [-0.3, -0.25) is 0 Å². The van der Waals surface area contributed by atoms with E-state index in [1.165, 1.54) is 93.2 Å². The summed E-state index contributed by atoms with van der Waals surface area (Å²) in [6, 6.07) is 55.9. The Morgan fingerprint density at radius 1 is 0.378 bits per heavy atom. The third-order valence-corrected chi connectivity index (χ3v) is 9.54. The molecule has 9 rings (SSSR count). The fourth-order valence-corrected chi connectivity index (χ4v) is 7.59.